The van der Waals surface area contributed by atoms with Crippen molar-refractivity contribution in [2.45, 2.75) is 66.5 Å². The van der Waals surface area contributed by atoms with Gasteiger partial charge in [-0.05, 0) is 92.0 Å². The molecule has 7 nitrogen and oxygen atoms in total. The number of aromatic nitrogens is 2. The van der Waals surface area contributed by atoms with E-state index < -0.39 is 12.1 Å². The van der Waals surface area contributed by atoms with E-state index in [2.05, 4.69) is 68.3 Å². The lowest BCUT2D eigenvalue weighted by Gasteiger charge is -2.30. The highest BCUT2D eigenvalue weighted by molar-refractivity contribution is 5.86. The molecule has 1 aromatic heterocycles. The molecular weight excluding hydrogens is 464 g/mol. The zero-order valence-electron chi connectivity index (χ0n) is 22.9. The number of carbonyl (C=O) groups excluding carboxylic acids is 2. The number of benzene rings is 2. The van der Waals surface area contributed by atoms with Gasteiger partial charge in [0.2, 0.25) is 5.91 Å². The number of nitrogens with zero attached hydrogens (tertiary/aromatic N) is 2. The number of methoxy groups -OCH3 is 1. The van der Waals surface area contributed by atoms with Crippen molar-refractivity contribution in [3.8, 4) is 22.4 Å². The Labute approximate surface area is 219 Å². The Kier molecular flexibility index (Phi) is 7.71. The second-order valence-corrected chi connectivity index (χ2v) is 10.5. The molecule has 2 atom stereocenters. The topological polar surface area (TPSA) is 87.3 Å². The normalized spacial score (nSPS) is 16.2. The average Bonchev–Trinajstić information content (AvgIpc) is 3.53. The van der Waals surface area contributed by atoms with Crippen molar-refractivity contribution in [1.29, 1.82) is 0 Å². The van der Waals surface area contributed by atoms with Crippen LogP contribution in [0.5, 0.6) is 0 Å². The fraction of sp³-hybridized carbons (Fsp3) is 0.433. The lowest BCUT2D eigenvalue weighted by molar-refractivity contribution is -0.135. The van der Waals surface area contributed by atoms with Gasteiger partial charge in [0.15, 0.2) is 0 Å². The molecule has 1 aliphatic rings. The number of alkyl carbamates (subject to hydrolysis) is 1. The van der Waals surface area contributed by atoms with E-state index in [4.69, 9.17) is 9.72 Å². The van der Waals surface area contributed by atoms with Crippen molar-refractivity contribution in [3.63, 3.8) is 0 Å². The Hall–Kier alpha value is -3.61. The standard InChI is InChI=1S/C30H38N4O3/c1-17(2)27(33-30(36)37-7)29(35)34-13-9-12-24(34)28-31-16-23(32-28)22-14-20(5)26(21(6)15-22)25-18(3)10-8-11-19(25)4/h8,10-11,14-17,24,27H,9,12-13H2,1-7H3,(H,31,32)(H,33,36)/t24?,27-/m0/s1. The second kappa shape index (κ2) is 10.8. The summed E-state index contributed by atoms with van der Waals surface area (Å²) in [6, 6.07) is 10.0. The van der Waals surface area contributed by atoms with Gasteiger partial charge in [-0.25, -0.2) is 9.78 Å². The van der Waals surface area contributed by atoms with Gasteiger partial charge in [0, 0.05) is 12.1 Å². The first-order valence-corrected chi connectivity index (χ1v) is 13.0. The molecule has 1 aliphatic heterocycles. The highest BCUT2D eigenvalue weighted by Gasteiger charge is 2.37. The molecule has 0 saturated carbocycles. The van der Waals surface area contributed by atoms with Crippen molar-refractivity contribution >= 4 is 12.0 Å². The molecule has 2 amide bonds. The van der Waals surface area contributed by atoms with Crippen molar-refractivity contribution in [3.05, 3.63) is 64.6 Å². The van der Waals surface area contributed by atoms with E-state index in [9.17, 15) is 9.59 Å². The van der Waals surface area contributed by atoms with Crippen LogP contribution in [0.4, 0.5) is 4.79 Å². The molecule has 1 fully saturated rings. The Balaban J connectivity index is 1.61. The molecule has 37 heavy (non-hydrogen) atoms. The number of likely N-dealkylation sites (tertiary alicyclic amines) is 1. The van der Waals surface area contributed by atoms with E-state index in [0.717, 1.165) is 29.9 Å². The Morgan fingerprint density at radius 1 is 1.05 bits per heavy atom. The Morgan fingerprint density at radius 3 is 2.27 bits per heavy atom. The fourth-order valence-corrected chi connectivity index (χ4v) is 5.57. The molecule has 2 aromatic carbocycles. The predicted molar refractivity (Wildman–Crippen MR) is 146 cm³/mol. The van der Waals surface area contributed by atoms with Crippen LogP contribution in [0.25, 0.3) is 22.4 Å². The molecule has 2 heterocycles. The zero-order valence-corrected chi connectivity index (χ0v) is 22.9. The molecular formula is C30H38N4O3. The minimum absolute atomic E-state index is 0.0682. The molecule has 196 valence electrons. The van der Waals surface area contributed by atoms with E-state index in [1.807, 2.05) is 24.9 Å². The monoisotopic (exact) mass is 502 g/mol. The number of ether oxygens (including phenoxy) is 1. The van der Waals surface area contributed by atoms with E-state index in [0.29, 0.717) is 6.54 Å². The summed E-state index contributed by atoms with van der Waals surface area (Å²) in [6.07, 6.45) is 2.97. The van der Waals surface area contributed by atoms with Gasteiger partial charge in [0.25, 0.3) is 0 Å². The maximum Gasteiger partial charge on any atom is 0.407 e. The molecule has 3 aromatic rings. The summed E-state index contributed by atoms with van der Waals surface area (Å²) in [5, 5.41) is 2.70. The Morgan fingerprint density at radius 2 is 1.68 bits per heavy atom. The number of hydrogen-bond acceptors (Lipinski definition) is 4. The quantitative estimate of drug-likeness (QED) is 0.431. The van der Waals surface area contributed by atoms with Crippen LogP contribution < -0.4 is 5.32 Å². The van der Waals surface area contributed by atoms with Gasteiger partial charge < -0.3 is 19.9 Å². The first kappa shape index (κ1) is 26.5. The number of amides is 2. The van der Waals surface area contributed by atoms with Gasteiger partial charge in [-0.2, -0.15) is 0 Å². The van der Waals surface area contributed by atoms with Crippen molar-refractivity contribution in [2.24, 2.45) is 5.92 Å². The number of hydrogen-bond donors (Lipinski definition) is 2. The second-order valence-electron chi connectivity index (χ2n) is 10.5. The van der Waals surface area contributed by atoms with Crippen LogP contribution in [-0.4, -0.2) is 46.6 Å². The fourth-order valence-electron chi connectivity index (χ4n) is 5.57. The third kappa shape index (κ3) is 5.26. The minimum Gasteiger partial charge on any atom is -0.453 e. The highest BCUT2D eigenvalue weighted by Crippen LogP contribution is 2.37. The summed E-state index contributed by atoms with van der Waals surface area (Å²) in [7, 11) is 1.30. The number of rotatable bonds is 6. The average molecular weight is 503 g/mol. The summed E-state index contributed by atoms with van der Waals surface area (Å²) in [5.74, 6) is 0.599. The van der Waals surface area contributed by atoms with E-state index in [-0.39, 0.29) is 17.9 Å². The number of carbonyl (C=O) groups is 2. The van der Waals surface area contributed by atoms with Gasteiger partial charge >= 0.3 is 6.09 Å². The molecule has 2 N–H and O–H groups in total. The number of aromatic amines is 1. The van der Waals surface area contributed by atoms with E-state index in [1.165, 1.54) is 40.5 Å². The number of H-pyrrole nitrogens is 1. The molecule has 1 saturated heterocycles. The highest BCUT2D eigenvalue weighted by atomic mass is 16.5. The Bertz CT molecular complexity index is 1270. The maximum atomic E-state index is 13.4. The van der Waals surface area contributed by atoms with Crippen LogP contribution in [0.3, 0.4) is 0 Å². The van der Waals surface area contributed by atoms with Gasteiger partial charge in [-0.15, -0.1) is 0 Å². The molecule has 1 unspecified atom stereocenters. The molecule has 0 aliphatic carbocycles. The van der Waals surface area contributed by atoms with Crippen LogP contribution in [0.15, 0.2) is 36.5 Å². The third-order valence-corrected chi connectivity index (χ3v) is 7.41. The summed E-state index contributed by atoms with van der Waals surface area (Å²) >= 11 is 0. The van der Waals surface area contributed by atoms with E-state index in [1.54, 1.807) is 0 Å². The molecule has 4 rings (SSSR count). The SMILES string of the molecule is COC(=O)N[C@H](C(=O)N1CCCC1c1ncc(-c2cc(C)c(-c3c(C)cccc3C)c(C)c2)[nH]1)C(C)C. The van der Waals surface area contributed by atoms with Crippen molar-refractivity contribution in [2.75, 3.05) is 13.7 Å². The van der Waals surface area contributed by atoms with Gasteiger partial charge in [-0.3, -0.25) is 4.79 Å². The number of nitrogens with one attached hydrogen (secondary N) is 2. The third-order valence-electron chi connectivity index (χ3n) is 7.41. The zero-order chi connectivity index (χ0) is 26.9. The van der Waals surface area contributed by atoms with Gasteiger partial charge in [0.05, 0.1) is 25.0 Å². The van der Waals surface area contributed by atoms with Gasteiger partial charge in [0.1, 0.15) is 11.9 Å². The van der Waals surface area contributed by atoms with Crippen LogP contribution in [-0.2, 0) is 9.53 Å². The molecule has 0 bridgehead atoms. The molecule has 0 radical (unpaired) electrons. The lowest BCUT2D eigenvalue weighted by Crippen LogP contribution is -2.51. The summed E-state index contributed by atoms with van der Waals surface area (Å²) in [6.45, 7) is 13.1. The first-order valence-electron chi connectivity index (χ1n) is 13.0. The van der Waals surface area contributed by atoms with Crippen LogP contribution in [0, 0.1) is 33.6 Å². The maximum absolute atomic E-state index is 13.4. The number of aryl methyl sites for hydroxylation is 4. The summed E-state index contributed by atoms with van der Waals surface area (Å²) in [5.41, 5.74) is 9.57. The van der Waals surface area contributed by atoms with Gasteiger partial charge in [-0.1, -0.05) is 32.0 Å². The predicted octanol–water partition coefficient (Wildman–Crippen LogP) is 6.02. The summed E-state index contributed by atoms with van der Waals surface area (Å²) in [4.78, 5) is 35.3. The van der Waals surface area contributed by atoms with Crippen molar-refractivity contribution in [1.82, 2.24) is 20.2 Å². The van der Waals surface area contributed by atoms with Crippen LogP contribution >= 0.6 is 0 Å². The molecule has 0 spiro atoms. The molecule has 7 heteroatoms. The van der Waals surface area contributed by atoms with Crippen LogP contribution in [0.1, 0.15) is 60.8 Å². The van der Waals surface area contributed by atoms with E-state index >= 15 is 0 Å². The van der Waals surface area contributed by atoms with Crippen LogP contribution in [0.2, 0.25) is 0 Å². The summed E-state index contributed by atoms with van der Waals surface area (Å²) < 4.78 is 4.74. The largest absolute Gasteiger partial charge is 0.453 e. The lowest BCUT2D eigenvalue weighted by atomic mass is 9.88. The minimum atomic E-state index is -0.648. The smallest absolute Gasteiger partial charge is 0.407 e. The first-order chi connectivity index (χ1) is 17.6. The van der Waals surface area contributed by atoms with Crippen molar-refractivity contribution < 1.29 is 14.3 Å². The number of imidazole rings is 1.